The van der Waals surface area contributed by atoms with Crippen molar-refractivity contribution >= 4 is 21.6 Å². The Balaban J connectivity index is 1.59. The summed E-state index contributed by atoms with van der Waals surface area (Å²) in [6.07, 6.45) is 3.23. The number of halogens is 1. The smallest absolute Gasteiger partial charge is 0.264 e. The van der Waals surface area contributed by atoms with E-state index in [1.54, 1.807) is 18.2 Å². The van der Waals surface area contributed by atoms with Crippen molar-refractivity contribution < 1.29 is 17.6 Å². The molecule has 1 amide bonds. The molecule has 1 aliphatic rings. The lowest BCUT2D eigenvalue weighted by Crippen LogP contribution is -2.42. The number of carbonyl (C=O) groups excluding carboxylic acids is 1. The first kappa shape index (κ1) is 23.0. The van der Waals surface area contributed by atoms with Gasteiger partial charge in [0.2, 0.25) is 5.91 Å². The second-order valence-corrected chi connectivity index (χ2v) is 10.3. The van der Waals surface area contributed by atoms with Crippen LogP contribution in [-0.4, -0.2) is 20.9 Å². The molecule has 0 radical (unpaired) electrons. The van der Waals surface area contributed by atoms with Crippen molar-refractivity contribution in [3.05, 3.63) is 94.8 Å². The Labute approximate surface area is 194 Å². The Kier molecular flexibility index (Phi) is 6.51. The minimum Gasteiger partial charge on any atom is -0.348 e. The SMILES string of the molecule is Cc1ccc(S(=O)(=O)N(CC(=O)N[C@@H](C)c2ccc3c(c2)CCC3)c2ccccc2F)cc1. The predicted octanol–water partition coefficient (Wildman–Crippen LogP) is 4.70. The highest BCUT2D eigenvalue weighted by Crippen LogP contribution is 2.27. The van der Waals surface area contributed by atoms with Crippen LogP contribution in [0.15, 0.2) is 71.6 Å². The van der Waals surface area contributed by atoms with Gasteiger partial charge in [0.1, 0.15) is 12.4 Å². The van der Waals surface area contributed by atoms with Gasteiger partial charge >= 0.3 is 0 Å². The molecule has 0 aliphatic heterocycles. The van der Waals surface area contributed by atoms with Crippen molar-refractivity contribution in [2.24, 2.45) is 0 Å². The monoisotopic (exact) mass is 466 g/mol. The van der Waals surface area contributed by atoms with E-state index in [9.17, 15) is 17.6 Å². The number of fused-ring (bicyclic) bond motifs is 1. The average molecular weight is 467 g/mol. The molecule has 0 saturated heterocycles. The summed E-state index contributed by atoms with van der Waals surface area (Å²) in [6, 6.07) is 17.7. The van der Waals surface area contributed by atoms with Gasteiger partial charge in [-0.25, -0.2) is 12.8 Å². The first-order valence-electron chi connectivity index (χ1n) is 11.0. The predicted molar refractivity (Wildman–Crippen MR) is 127 cm³/mol. The Morgan fingerprint density at radius 3 is 2.45 bits per heavy atom. The van der Waals surface area contributed by atoms with Gasteiger partial charge in [-0.3, -0.25) is 9.10 Å². The maximum absolute atomic E-state index is 14.6. The van der Waals surface area contributed by atoms with Crippen LogP contribution in [0.25, 0.3) is 0 Å². The van der Waals surface area contributed by atoms with E-state index in [2.05, 4.69) is 17.4 Å². The molecule has 0 heterocycles. The molecule has 0 aromatic heterocycles. The van der Waals surface area contributed by atoms with E-state index >= 15 is 0 Å². The van der Waals surface area contributed by atoms with Crippen molar-refractivity contribution in [3.8, 4) is 0 Å². The Bertz CT molecular complexity index is 1270. The number of nitrogens with one attached hydrogen (secondary N) is 1. The number of rotatable bonds is 7. The highest BCUT2D eigenvalue weighted by atomic mass is 32.2. The largest absolute Gasteiger partial charge is 0.348 e. The number of aryl methyl sites for hydroxylation is 3. The number of benzene rings is 3. The van der Waals surface area contributed by atoms with Crippen LogP contribution in [0.4, 0.5) is 10.1 Å². The molecule has 4 rings (SSSR count). The van der Waals surface area contributed by atoms with Crippen molar-refractivity contribution in [2.45, 2.75) is 44.0 Å². The third-order valence-electron chi connectivity index (χ3n) is 6.02. The third kappa shape index (κ3) is 4.93. The van der Waals surface area contributed by atoms with Gasteiger partial charge in [0.15, 0.2) is 0 Å². The summed E-state index contributed by atoms with van der Waals surface area (Å²) in [5.74, 6) is -1.23. The maximum atomic E-state index is 14.6. The summed E-state index contributed by atoms with van der Waals surface area (Å²) in [5, 5.41) is 2.87. The Morgan fingerprint density at radius 2 is 1.73 bits per heavy atom. The van der Waals surface area contributed by atoms with E-state index in [4.69, 9.17) is 0 Å². The van der Waals surface area contributed by atoms with Crippen LogP contribution in [0.5, 0.6) is 0 Å². The summed E-state index contributed by atoms with van der Waals surface area (Å²) in [4.78, 5) is 12.9. The number of hydrogen-bond acceptors (Lipinski definition) is 3. The molecular formula is C26H27FN2O3S. The molecule has 3 aromatic carbocycles. The summed E-state index contributed by atoms with van der Waals surface area (Å²) in [7, 11) is -4.16. The second kappa shape index (κ2) is 9.35. The molecule has 7 heteroatoms. The summed E-state index contributed by atoms with van der Waals surface area (Å²) < 4.78 is 42.2. The lowest BCUT2D eigenvalue weighted by molar-refractivity contribution is -0.120. The Morgan fingerprint density at radius 1 is 1.03 bits per heavy atom. The van der Waals surface area contributed by atoms with Gasteiger partial charge < -0.3 is 5.32 Å². The van der Waals surface area contributed by atoms with E-state index in [1.807, 2.05) is 19.9 Å². The molecule has 5 nitrogen and oxygen atoms in total. The normalized spacial score (nSPS) is 13.9. The molecule has 0 saturated carbocycles. The fraction of sp³-hybridized carbons (Fsp3) is 0.269. The molecule has 0 unspecified atom stereocenters. The lowest BCUT2D eigenvalue weighted by Gasteiger charge is -2.25. The first-order chi connectivity index (χ1) is 15.8. The van der Waals surface area contributed by atoms with Gasteiger partial charge in [0.25, 0.3) is 10.0 Å². The van der Waals surface area contributed by atoms with E-state index in [1.165, 1.54) is 41.5 Å². The highest BCUT2D eigenvalue weighted by Gasteiger charge is 2.29. The van der Waals surface area contributed by atoms with Gasteiger partial charge in [-0.05, 0) is 74.1 Å². The van der Waals surface area contributed by atoms with Crippen molar-refractivity contribution in [3.63, 3.8) is 0 Å². The quantitative estimate of drug-likeness (QED) is 0.549. The molecule has 1 N–H and O–H groups in total. The number of nitrogens with zero attached hydrogens (tertiary/aromatic N) is 1. The standard InChI is InChI=1S/C26H27FN2O3S/c1-18-10-14-23(15-11-18)33(31,32)29(25-9-4-3-8-24(25)27)17-26(30)28-19(2)21-13-12-20-6-5-7-22(20)16-21/h3-4,8-16,19H,5-7,17H2,1-2H3,(H,28,30)/t19-/m0/s1. The minimum atomic E-state index is -4.16. The van der Waals surface area contributed by atoms with E-state index < -0.39 is 28.3 Å². The van der Waals surface area contributed by atoms with Gasteiger partial charge in [0.05, 0.1) is 16.6 Å². The summed E-state index contributed by atoms with van der Waals surface area (Å²) in [6.45, 7) is 3.17. The fourth-order valence-electron chi connectivity index (χ4n) is 4.15. The van der Waals surface area contributed by atoms with Crippen LogP contribution >= 0.6 is 0 Å². The molecule has 0 fully saturated rings. The highest BCUT2D eigenvalue weighted by molar-refractivity contribution is 7.92. The molecule has 1 aliphatic carbocycles. The summed E-state index contributed by atoms with van der Waals surface area (Å²) >= 11 is 0. The van der Waals surface area contributed by atoms with E-state index in [0.717, 1.165) is 34.7 Å². The van der Waals surface area contributed by atoms with Gasteiger partial charge in [-0.1, -0.05) is 48.0 Å². The van der Waals surface area contributed by atoms with Crippen LogP contribution in [0.1, 0.15) is 41.6 Å². The number of para-hydroxylation sites is 1. The molecule has 0 bridgehead atoms. The number of anilines is 1. The average Bonchev–Trinajstić information content (AvgIpc) is 3.26. The molecule has 172 valence electrons. The zero-order valence-corrected chi connectivity index (χ0v) is 19.5. The third-order valence-corrected chi connectivity index (χ3v) is 7.79. The van der Waals surface area contributed by atoms with Crippen LogP contribution in [0, 0.1) is 12.7 Å². The van der Waals surface area contributed by atoms with E-state index in [0.29, 0.717) is 0 Å². The molecule has 3 aromatic rings. The minimum absolute atomic E-state index is 0.00387. The molecule has 33 heavy (non-hydrogen) atoms. The Hall–Kier alpha value is -3.19. The van der Waals surface area contributed by atoms with Gasteiger partial charge in [0, 0.05) is 0 Å². The molecule has 1 atom stereocenters. The zero-order valence-electron chi connectivity index (χ0n) is 18.7. The topological polar surface area (TPSA) is 66.5 Å². The van der Waals surface area contributed by atoms with Gasteiger partial charge in [-0.15, -0.1) is 0 Å². The maximum Gasteiger partial charge on any atom is 0.264 e. The lowest BCUT2D eigenvalue weighted by atomic mass is 10.0. The number of hydrogen-bond donors (Lipinski definition) is 1. The van der Waals surface area contributed by atoms with Crippen molar-refractivity contribution in [1.29, 1.82) is 0 Å². The fourth-order valence-corrected chi connectivity index (χ4v) is 5.58. The molecular weight excluding hydrogens is 439 g/mol. The van der Waals surface area contributed by atoms with Crippen LogP contribution in [-0.2, 0) is 27.7 Å². The first-order valence-corrected chi connectivity index (χ1v) is 12.4. The van der Waals surface area contributed by atoms with Gasteiger partial charge in [-0.2, -0.15) is 0 Å². The second-order valence-electron chi connectivity index (χ2n) is 8.45. The van der Waals surface area contributed by atoms with Crippen LogP contribution in [0.2, 0.25) is 0 Å². The zero-order chi connectivity index (χ0) is 23.6. The number of carbonyl (C=O) groups is 1. The summed E-state index contributed by atoms with van der Waals surface area (Å²) in [5.41, 5.74) is 4.32. The number of sulfonamides is 1. The van der Waals surface area contributed by atoms with Crippen LogP contribution in [0.3, 0.4) is 0 Å². The van der Waals surface area contributed by atoms with Crippen LogP contribution < -0.4 is 9.62 Å². The van der Waals surface area contributed by atoms with Crippen molar-refractivity contribution in [1.82, 2.24) is 5.32 Å². The van der Waals surface area contributed by atoms with E-state index in [-0.39, 0.29) is 16.6 Å². The van der Waals surface area contributed by atoms with Crippen molar-refractivity contribution in [2.75, 3.05) is 10.8 Å². The number of amides is 1. The molecule has 0 spiro atoms.